The molecule has 1 aliphatic heterocycles. The molecule has 1 fully saturated rings. The van der Waals surface area contributed by atoms with Crippen molar-refractivity contribution < 1.29 is 47.1 Å². The number of esters is 1. The minimum Gasteiger partial charge on any atom is -0.479 e. The van der Waals surface area contributed by atoms with Crippen LogP contribution in [0.15, 0.2) is 179 Å². The van der Waals surface area contributed by atoms with Crippen molar-refractivity contribution in [2.75, 3.05) is 6.61 Å². The van der Waals surface area contributed by atoms with Crippen LogP contribution >= 0.6 is 0 Å². The largest absolute Gasteiger partial charge is 0.479 e. The molecule has 7 aromatic rings. The average molecular weight is 849 g/mol. The van der Waals surface area contributed by atoms with Gasteiger partial charge in [0.25, 0.3) is 0 Å². The third-order valence-corrected chi connectivity index (χ3v) is 10.4. The summed E-state index contributed by atoms with van der Waals surface area (Å²) in [6.07, 6.45) is -4.49. The van der Waals surface area contributed by atoms with E-state index in [0.29, 0.717) is 12.0 Å². The number of carbonyl (C=O) groups is 1. The summed E-state index contributed by atoms with van der Waals surface area (Å²) in [6.45, 7) is 2.36. The van der Waals surface area contributed by atoms with Crippen molar-refractivity contribution in [3.8, 4) is 17.2 Å². The van der Waals surface area contributed by atoms with E-state index in [1.54, 1.807) is 12.1 Å². The molecule has 1 saturated heterocycles. The van der Waals surface area contributed by atoms with Crippen molar-refractivity contribution in [1.82, 2.24) is 0 Å². The molecule has 11 nitrogen and oxygen atoms in total. The Hall–Kier alpha value is -6.60. The lowest BCUT2D eigenvalue weighted by Gasteiger charge is -2.45. The molecule has 11 heteroatoms. The van der Waals surface area contributed by atoms with E-state index >= 15 is 0 Å². The molecule has 1 aliphatic rings. The Bertz CT molecular complexity index is 2550. The number of rotatable bonds is 19. The molecule has 322 valence electrons. The topological polar surface area (TPSA) is 121 Å². The first kappa shape index (κ1) is 43.1. The first-order chi connectivity index (χ1) is 31.0. The van der Waals surface area contributed by atoms with Crippen LogP contribution in [-0.4, -0.2) is 43.3 Å². The van der Waals surface area contributed by atoms with Gasteiger partial charge in [0.05, 0.1) is 38.4 Å². The van der Waals surface area contributed by atoms with Gasteiger partial charge in [0.2, 0.25) is 12.0 Å². The highest BCUT2D eigenvalue weighted by molar-refractivity contribution is 5.87. The molecule has 0 aliphatic carbocycles. The monoisotopic (exact) mass is 848 g/mol. The van der Waals surface area contributed by atoms with Gasteiger partial charge in [0.15, 0.2) is 5.75 Å². The molecule has 1 aromatic heterocycles. The van der Waals surface area contributed by atoms with E-state index in [1.165, 1.54) is 13.0 Å². The number of hydrogen-bond acceptors (Lipinski definition) is 11. The Morgan fingerprint density at radius 1 is 0.540 bits per heavy atom. The van der Waals surface area contributed by atoms with E-state index in [1.807, 2.05) is 152 Å². The van der Waals surface area contributed by atoms with Gasteiger partial charge in [0.1, 0.15) is 42.4 Å². The smallest absolute Gasteiger partial charge is 0.383 e. The van der Waals surface area contributed by atoms with Crippen LogP contribution in [0, 0.1) is 0 Å². The highest BCUT2D eigenvalue weighted by Crippen LogP contribution is 2.39. The van der Waals surface area contributed by atoms with Crippen molar-refractivity contribution in [1.29, 1.82) is 0 Å². The Balaban J connectivity index is 1.22. The highest BCUT2D eigenvalue weighted by Gasteiger charge is 2.50. The van der Waals surface area contributed by atoms with Crippen LogP contribution in [0.3, 0.4) is 0 Å². The fraction of sp³-hybridized carbons (Fsp3) is 0.231. The quantitative estimate of drug-likeness (QED) is 0.0440. The zero-order chi connectivity index (χ0) is 43.2. The van der Waals surface area contributed by atoms with E-state index in [4.69, 9.17) is 42.3 Å². The SMILES string of the molecule is CC(=O)Oc1ccc2c(O[C@@H]3O[C@H](COCc4ccccc4)[C@@H](OCc4ccccc4)[C@H](OCc4ccccc4)[C@H]3OCc3ccccc3)c(OCc3ccccc3)c(=O)oc2c1. The highest BCUT2D eigenvalue weighted by atomic mass is 16.7. The van der Waals surface area contributed by atoms with Gasteiger partial charge in [-0.1, -0.05) is 152 Å². The number of carbonyl (C=O) groups excluding carboxylic acids is 1. The lowest BCUT2D eigenvalue weighted by Crippen LogP contribution is -2.62. The molecule has 2 heterocycles. The number of ether oxygens (including phenoxy) is 8. The van der Waals surface area contributed by atoms with E-state index in [2.05, 4.69) is 0 Å². The Kier molecular flexibility index (Phi) is 14.7. The normalized spacial score (nSPS) is 18.5. The van der Waals surface area contributed by atoms with Gasteiger partial charge >= 0.3 is 11.6 Å². The maximum atomic E-state index is 14.0. The maximum absolute atomic E-state index is 14.0. The first-order valence-electron chi connectivity index (χ1n) is 20.8. The van der Waals surface area contributed by atoms with Crippen LogP contribution in [0.1, 0.15) is 34.7 Å². The van der Waals surface area contributed by atoms with Crippen LogP contribution < -0.4 is 19.8 Å². The third-order valence-electron chi connectivity index (χ3n) is 10.4. The molecule has 0 amide bonds. The maximum Gasteiger partial charge on any atom is 0.383 e. The second kappa shape index (κ2) is 21.5. The Morgan fingerprint density at radius 3 is 1.54 bits per heavy atom. The Morgan fingerprint density at radius 2 is 1.02 bits per heavy atom. The molecular formula is C52H48O11. The molecule has 0 N–H and O–H groups in total. The molecule has 6 aromatic carbocycles. The third kappa shape index (κ3) is 11.7. The summed E-state index contributed by atoms with van der Waals surface area (Å²) < 4.78 is 58.2. The molecular weight excluding hydrogens is 801 g/mol. The molecule has 8 rings (SSSR count). The van der Waals surface area contributed by atoms with E-state index in [0.717, 1.165) is 27.8 Å². The van der Waals surface area contributed by atoms with Crippen LogP contribution in [0.25, 0.3) is 11.0 Å². The van der Waals surface area contributed by atoms with Gasteiger partial charge in [-0.05, 0) is 39.9 Å². The Labute approximate surface area is 365 Å². The standard InChI is InChI=1S/C52H48O11/c1-36(53)60-42-27-28-43-44(29-42)61-51(54)49(58-33-40-23-13-5-14-24-40)46(43)63-52-50(59-34-41-25-15-6-16-26-41)48(57-32-39-21-11-4-12-22-39)47(56-31-38-19-9-3-10-20-38)45(62-52)35-55-30-37-17-7-2-8-18-37/h2-29,45,47-48,50,52H,30-35H2,1H3/t45-,47-,48+,50-,52+/m1/s1. The van der Waals surface area contributed by atoms with Gasteiger partial charge in [-0.2, -0.15) is 0 Å². The van der Waals surface area contributed by atoms with E-state index in [9.17, 15) is 9.59 Å². The minimum atomic E-state index is -1.23. The lowest BCUT2D eigenvalue weighted by atomic mass is 9.97. The van der Waals surface area contributed by atoms with Crippen molar-refractivity contribution in [2.45, 2.75) is 70.7 Å². The van der Waals surface area contributed by atoms with Gasteiger partial charge in [-0.15, -0.1) is 0 Å². The summed E-state index contributed by atoms with van der Waals surface area (Å²) in [6, 6.07) is 53.4. The van der Waals surface area contributed by atoms with Gasteiger partial charge < -0.3 is 42.3 Å². The van der Waals surface area contributed by atoms with Crippen molar-refractivity contribution in [3.63, 3.8) is 0 Å². The first-order valence-corrected chi connectivity index (χ1v) is 20.8. The van der Waals surface area contributed by atoms with Gasteiger partial charge in [-0.25, -0.2) is 4.79 Å². The van der Waals surface area contributed by atoms with Crippen LogP contribution in [-0.2, 0) is 61.5 Å². The summed E-state index contributed by atoms with van der Waals surface area (Å²) in [5.41, 5.74) is 3.89. The fourth-order valence-corrected chi connectivity index (χ4v) is 7.29. The second-order valence-electron chi connectivity index (χ2n) is 15.0. The zero-order valence-corrected chi connectivity index (χ0v) is 34.8. The van der Waals surface area contributed by atoms with E-state index < -0.39 is 42.3 Å². The second-order valence-corrected chi connectivity index (χ2v) is 15.0. The van der Waals surface area contributed by atoms with Crippen LogP contribution in [0.4, 0.5) is 0 Å². The van der Waals surface area contributed by atoms with Crippen molar-refractivity contribution in [3.05, 3.63) is 208 Å². The van der Waals surface area contributed by atoms with E-state index in [-0.39, 0.29) is 55.9 Å². The van der Waals surface area contributed by atoms with Gasteiger partial charge in [0, 0.05) is 13.0 Å². The molecule has 63 heavy (non-hydrogen) atoms. The molecule has 0 spiro atoms. The number of benzene rings is 6. The average Bonchev–Trinajstić information content (AvgIpc) is 3.31. The van der Waals surface area contributed by atoms with Crippen LogP contribution in [0.5, 0.6) is 17.2 Å². The molecule has 0 unspecified atom stereocenters. The summed E-state index contributed by atoms with van der Waals surface area (Å²) in [5, 5.41) is 0.361. The van der Waals surface area contributed by atoms with Crippen LogP contribution in [0.2, 0.25) is 0 Å². The van der Waals surface area contributed by atoms with Crippen molar-refractivity contribution in [2.24, 2.45) is 0 Å². The summed E-state index contributed by atoms with van der Waals surface area (Å²) in [5.74, 6) is -0.489. The summed E-state index contributed by atoms with van der Waals surface area (Å²) in [4.78, 5) is 25.9. The minimum absolute atomic E-state index is 0.0343. The number of hydrogen-bond donors (Lipinski definition) is 0. The number of fused-ring (bicyclic) bond motifs is 1. The van der Waals surface area contributed by atoms with Gasteiger partial charge in [-0.3, -0.25) is 4.79 Å². The zero-order valence-electron chi connectivity index (χ0n) is 34.8. The van der Waals surface area contributed by atoms with Crippen molar-refractivity contribution >= 4 is 16.9 Å². The fourth-order valence-electron chi connectivity index (χ4n) is 7.29. The predicted molar refractivity (Wildman–Crippen MR) is 235 cm³/mol. The molecule has 0 saturated carbocycles. The molecule has 5 atom stereocenters. The molecule has 0 bridgehead atoms. The summed E-state index contributed by atoms with van der Waals surface area (Å²) >= 11 is 0. The molecule has 0 radical (unpaired) electrons. The predicted octanol–water partition coefficient (Wildman–Crippen LogP) is 9.37. The lowest BCUT2D eigenvalue weighted by molar-refractivity contribution is -0.310. The summed E-state index contributed by atoms with van der Waals surface area (Å²) in [7, 11) is 0.